The minimum absolute atomic E-state index is 0.215. The highest BCUT2D eigenvalue weighted by Crippen LogP contribution is 2.20. The summed E-state index contributed by atoms with van der Waals surface area (Å²) in [6, 6.07) is 0. The van der Waals surface area contributed by atoms with E-state index in [2.05, 4.69) is 12.2 Å². The first kappa shape index (κ1) is 13.1. The Morgan fingerprint density at radius 3 is 2.62 bits per heavy atom. The molecule has 0 aromatic heterocycles. The zero-order chi connectivity index (χ0) is 9.94. The predicted molar refractivity (Wildman–Crippen MR) is 60.3 cm³/mol. The molecular weight excluding hydrogens is 206 g/mol. The smallest absolute Gasteiger partial charge is 0.304 e. The molecule has 0 saturated heterocycles. The van der Waals surface area contributed by atoms with Crippen LogP contribution in [0.3, 0.4) is 0 Å². The van der Waals surface area contributed by atoms with Crippen LogP contribution in [-0.2, 0) is 4.79 Å². The van der Waals surface area contributed by atoms with Gasteiger partial charge >= 0.3 is 5.97 Å². The van der Waals surface area contributed by atoms with Gasteiger partial charge in [0.25, 0.3) is 0 Å². The number of carbonyl (C=O) groups is 1. The van der Waals surface area contributed by atoms with E-state index in [-0.39, 0.29) is 6.42 Å². The van der Waals surface area contributed by atoms with Crippen molar-refractivity contribution in [1.82, 2.24) is 5.32 Å². The van der Waals surface area contributed by atoms with Gasteiger partial charge in [0.15, 0.2) is 0 Å². The largest absolute Gasteiger partial charge is 0.481 e. The average molecular weight is 223 g/mol. The fourth-order valence-electron chi connectivity index (χ4n) is 0.635. The van der Waals surface area contributed by atoms with Crippen LogP contribution in [0.1, 0.15) is 19.8 Å². The molecule has 0 rings (SSSR count). The van der Waals surface area contributed by atoms with Crippen molar-refractivity contribution in [2.75, 3.05) is 24.6 Å². The van der Waals surface area contributed by atoms with Gasteiger partial charge in [0.1, 0.15) is 0 Å². The molecule has 0 amide bonds. The maximum Gasteiger partial charge on any atom is 0.304 e. The van der Waals surface area contributed by atoms with Gasteiger partial charge in [-0.05, 0) is 6.42 Å². The second-order valence-electron chi connectivity index (χ2n) is 2.54. The Balaban J connectivity index is 2.87. The number of hydrogen-bond donors (Lipinski definition) is 2. The van der Waals surface area contributed by atoms with Crippen LogP contribution in [0.5, 0.6) is 0 Å². The van der Waals surface area contributed by atoms with Gasteiger partial charge in [0, 0.05) is 24.6 Å². The standard InChI is InChI=1S/C8H17NO2S2/c1-2-6-12-13-7-5-9-4-3-8(10)11/h9H,2-7H2,1H3,(H,10,11). The number of nitrogens with one attached hydrogen (secondary N) is 1. The van der Waals surface area contributed by atoms with Gasteiger partial charge in [0.05, 0.1) is 6.42 Å². The van der Waals surface area contributed by atoms with Gasteiger partial charge in [0.2, 0.25) is 0 Å². The summed E-state index contributed by atoms with van der Waals surface area (Å²) < 4.78 is 0. The minimum atomic E-state index is -0.736. The SMILES string of the molecule is CCCSSCCNCCC(=O)O. The zero-order valence-electron chi connectivity index (χ0n) is 7.91. The van der Waals surface area contributed by atoms with Crippen LogP contribution < -0.4 is 5.32 Å². The van der Waals surface area contributed by atoms with Crippen LogP contribution in [0.4, 0.5) is 0 Å². The van der Waals surface area contributed by atoms with E-state index in [9.17, 15) is 4.79 Å². The molecule has 0 fully saturated rings. The second kappa shape index (κ2) is 10.2. The van der Waals surface area contributed by atoms with Gasteiger partial charge < -0.3 is 10.4 Å². The Bertz CT molecular complexity index is 133. The van der Waals surface area contributed by atoms with E-state index in [1.807, 2.05) is 21.6 Å². The fraction of sp³-hybridized carbons (Fsp3) is 0.875. The van der Waals surface area contributed by atoms with Crippen LogP contribution in [0.2, 0.25) is 0 Å². The molecule has 0 aliphatic heterocycles. The van der Waals surface area contributed by atoms with Crippen molar-refractivity contribution in [3.05, 3.63) is 0 Å². The van der Waals surface area contributed by atoms with Gasteiger partial charge in [-0.15, -0.1) is 0 Å². The molecular formula is C8H17NO2S2. The fourth-order valence-corrected chi connectivity index (χ4v) is 2.72. The van der Waals surface area contributed by atoms with E-state index in [0.717, 1.165) is 12.3 Å². The summed E-state index contributed by atoms with van der Waals surface area (Å²) in [5.41, 5.74) is 0. The van der Waals surface area contributed by atoms with Gasteiger partial charge in [-0.1, -0.05) is 28.5 Å². The van der Waals surface area contributed by atoms with Crippen LogP contribution >= 0.6 is 21.6 Å². The summed E-state index contributed by atoms with van der Waals surface area (Å²) in [7, 11) is 3.72. The van der Waals surface area contributed by atoms with Gasteiger partial charge in [-0.3, -0.25) is 4.79 Å². The number of carboxylic acids is 1. The summed E-state index contributed by atoms with van der Waals surface area (Å²) in [6.07, 6.45) is 1.43. The first-order chi connectivity index (χ1) is 6.27. The van der Waals surface area contributed by atoms with E-state index in [4.69, 9.17) is 5.11 Å². The number of aliphatic carboxylic acids is 1. The maximum absolute atomic E-state index is 10.1. The Morgan fingerprint density at radius 2 is 2.00 bits per heavy atom. The molecule has 3 nitrogen and oxygen atoms in total. The summed E-state index contributed by atoms with van der Waals surface area (Å²) in [6.45, 7) is 3.64. The van der Waals surface area contributed by atoms with E-state index < -0.39 is 5.97 Å². The molecule has 0 radical (unpaired) electrons. The molecule has 0 aromatic rings. The number of rotatable bonds is 9. The lowest BCUT2D eigenvalue weighted by Gasteiger charge is -2.01. The van der Waals surface area contributed by atoms with E-state index >= 15 is 0 Å². The first-order valence-corrected chi connectivity index (χ1v) is 6.93. The van der Waals surface area contributed by atoms with Crippen molar-refractivity contribution in [3.8, 4) is 0 Å². The summed E-state index contributed by atoms with van der Waals surface area (Å²) in [5.74, 6) is 1.50. The summed E-state index contributed by atoms with van der Waals surface area (Å²) in [5, 5.41) is 11.4. The molecule has 0 saturated carbocycles. The van der Waals surface area contributed by atoms with Crippen LogP contribution in [0.15, 0.2) is 0 Å². The number of carboxylic acid groups (broad SMARTS) is 1. The maximum atomic E-state index is 10.1. The molecule has 13 heavy (non-hydrogen) atoms. The molecule has 0 spiro atoms. The average Bonchev–Trinajstić information content (AvgIpc) is 2.09. The molecule has 0 aliphatic carbocycles. The van der Waals surface area contributed by atoms with E-state index in [1.165, 1.54) is 12.2 Å². The monoisotopic (exact) mass is 223 g/mol. The van der Waals surface area contributed by atoms with Gasteiger partial charge in [-0.25, -0.2) is 0 Å². The van der Waals surface area contributed by atoms with E-state index in [0.29, 0.717) is 6.54 Å². The predicted octanol–water partition coefficient (Wildman–Crippen LogP) is 1.84. The van der Waals surface area contributed by atoms with Crippen molar-refractivity contribution >= 4 is 27.6 Å². The van der Waals surface area contributed by atoms with Crippen LogP contribution in [0, 0.1) is 0 Å². The quantitative estimate of drug-likeness (QED) is 0.461. The third-order valence-corrected chi connectivity index (χ3v) is 3.86. The first-order valence-electron chi connectivity index (χ1n) is 4.44. The third-order valence-electron chi connectivity index (χ3n) is 1.25. The Labute approximate surface area is 87.4 Å². The second-order valence-corrected chi connectivity index (χ2v) is 5.24. The lowest BCUT2D eigenvalue weighted by Crippen LogP contribution is -2.20. The Hall–Kier alpha value is 0.130. The highest BCUT2D eigenvalue weighted by Gasteiger charge is 1.94. The van der Waals surface area contributed by atoms with E-state index in [1.54, 1.807) is 0 Å². The van der Waals surface area contributed by atoms with Gasteiger partial charge in [-0.2, -0.15) is 0 Å². The topological polar surface area (TPSA) is 49.3 Å². The molecule has 0 heterocycles. The highest BCUT2D eigenvalue weighted by atomic mass is 33.1. The number of hydrogen-bond acceptors (Lipinski definition) is 4. The zero-order valence-corrected chi connectivity index (χ0v) is 9.55. The lowest BCUT2D eigenvalue weighted by atomic mass is 10.4. The molecule has 0 aliphatic rings. The van der Waals surface area contributed by atoms with Crippen molar-refractivity contribution < 1.29 is 9.90 Å². The molecule has 0 unspecified atom stereocenters. The van der Waals surface area contributed by atoms with Crippen LogP contribution in [-0.4, -0.2) is 35.7 Å². The van der Waals surface area contributed by atoms with Crippen molar-refractivity contribution in [1.29, 1.82) is 0 Å². The van der Waals surface area contributed by atoms with Crippen molar-refractivity contribution in [3.63, 3.8) is 0 Å². The molecule has 0 bridgehead atoms. The Kier molecular flexibility index (Phi) is 10.3. The normalized spacial score (nSPS) is 10.2. The molecule has 0 atom stereocenters. The van der Waals surface area contributed by atoms with Crippen molar-refractivity contribution in [2.45, 2.75) is 19.8 Å². The molecule has 5 heteroatoms. The lowest BCUT2D eigenvalue weighted by molar-refractivity contribution is -0.136. The van der Waals surface area contributed by atoms with Crippen molar-refractivity contribution in [2.24, 2.45) is 0 Å². The summed E-state index contributed by atoms with van der Waals surface area (Å²) in [4.78, 5) is 10.1. The Morgan fingerprint density at radius 1 is 1.31 bits per heavy atom. The third kappa shape index (κ3) is 12.1. The minimum Gasteiger partial charge on any atom is -0.481 e. The molecule has 78 valence electrons. The molecule has 0 aromatic carbocycles. The molecule has 2 N–H and O–H groups in total. The summed E-state index contributed by atoms with van der Waals surface area (Å²) >= 11 is 0. The highest BCUT2D eigenvalue weighted by molar-refractivity contribution is 8.76. The van der Waals surface area contributed by atoms with Crippen LogP contribution in [0.25, 0.3) is 0 Å².